The van der Waals surface area contributed by atoms with E-state index >= 15 is 0 Å². The molecule has 0 spiro atoms. The van der Waals surface area contributed by atoms with Gasteiger partial charge in [0.2, 0.25) is 17.6 Å². The van der Waals surface area contributed by atoms with Gasteiger partial charge >= 0.3 is 0 Å². The van der Waals surface area contributed by atoms with Crippen LogP contribution in [0.15, 0.2) is 0 Å². The fraction of sp³-hybridized carbons (Fsp3) is 0.875. The summed E-state index contributed by atoms with van der Waals surface area (Å²) >= 11 is 0. The number of hydrogen-bond acceptors (Lipinski definition) is 12. The molecule has 10 atom stereocenters. The third-order valence-corrected chi connectivity index (χ3v) is 4.93. The number of rotatable bonds is 6. The van der Waals surface area contributed by atoms with Crippen molar-refractivity contribution in [3.05, 3.63) is 0 Å². The van der Waals surface area contributed by atoms with Crippen LogP contribution in [0.4, 0.5) is 0 Å². The average molecular weight is 440 g/mol. The van der Waals surface area contributed by atoms with Crippen LogP contribution in [-0.2, 0) is 23.8 Å². The number of carbonyl (C=O) groups excluding carboxylic acids is 2. The second kappa shape index (κ2) is 9.78. The largest absolute Gasteiger partial charge is 0.394 e. The van der Waals surface area contributed by atoms with Crippen LogP contribution in [-0.4, -0.2) is 122 Å². The summed E-state index contributed by atoms with van der Waals surface area (Å²) < 4.78 is 15.8. The molecule has 2 heterocycles. The van der Waals surface area contributed by atoms with Crippen molar-refractivity contribution in [2.45, 2.75) is 74.8 Å². The summed E-state index contributed by atoms with van der Waals surface area (Å²) in [6.07, 6.45) is -12.1. The summed E-state index contributed by atoms with van der Waals surface area (Å²) in [6.45, 7) is 0.460. The highest BCUT2D eigenvalue weighted by Crippen LogP contribution is 2.34. The van der Waals surface area contributed by atoms with Gasteiger partial charge in [0.05, 0.1) is 13.2 Å². The molecule has 0 bridgehead atoms. The van der Waals surface area contributed by atoms with Crippen molar-refractivity contribution in [3.63, 3.8) is 0 Å². The molecule has 0 aliphatic carbocycles. The number of hydrogen-bond donors (Lipinski definition) is 9. The Morgan fingerprint density at radius 1 is 0.933 bits per heavy atom. The zero-order valence-corrected chi connectivity index (χ0v) is 16.3. The predicted molar refractivity (Wildman–Crippen MR) is 93.0 cm³/mol. The molecule has 2 aliphatic heterocycles. The molecule has 2 aliphatic rings. The lowest BCUT2D eigenvalue weighted by Gasteiger charge is -2.51. The Morgan fingerprint density at radius 2 is 1.50 bits per heavy atom. The van der Waals surface area contributed by atoms with E-state index in [1.165, 1.54) is 0 Å². The third-order valence-electron chi connectivity index (χ3n) is 4.93. The highest BCUT2D eigenvalue weighted by molar-refractivity contribution is 5.73. The van der Waals surface area contributed by atoms with Gasteiger partial charge in [-0.05, 0) is 0 Å². The minimum atomic E-state index is -2.81. The van der Waals surface area contributed by atoms with Gasteiger partial charge in [-0.3, -0.25) is 9.59 Å². The van der Waals surface area contributed by atoms with Crippen molar-refractivity contribution >= 4 is 11.8 Å². The minimum absolute atomic E-state index is 0.663. The standard InChI is InChI=1S/C16H28N2O12/c1-5(21)17-9-12(24)11(23)7(3-19)28-15(9)30-16(27)8(4-20)29-14(26)10(13(16)25)18-6(2)22/h7-15,19-20,23-27H,3-4H2,1-2H3,(H,17,21)(H,18,22)/t7?,8?,9?,10?,11-,12+,13+,14+,15-,16+/m0/s1. The van der Waals surface area contributed by atoms with Gasteiger partial charge in [0.1, 0.15) is 42.6 Å². The fourth-order valence-electron chi connectivity index (χ4n) is 3.42. The highest BCUT2D eigenvalue weighted by Gasteiger charge is 2.59. The number of amides is 2. The number of aliphatic hydroxyl groups is 7. The van der Waals surface area contributed by atoms with E-state index in [0.29, 0.717) is 0 Å². The van der Waals surface area contributed by atoms with Gasteiger partial charge < -0.3 is 60.6 Å². The van der Waals surface area contributed by atoms with Crippen molar-refractivity contribution in [2.75, 3.05) is 13.2 Å². The first-order valence-corrected chi connectivity index (χ1v) is 9.15. The van der Waals surface area contributed by atoms with Crippen LogP contribution in [0.2, 0.25) is 0 Å². The molecule has 0 aromatic heterocycles. The van der Waals surface area contributed by atoms with Crippen molar-refractivity contribution in [2.24, 2.45) is 0 Å². The number of aliphatic hydroxyl groups excluding tert-OH is 6. The molecule has 30 heavy (non-hydrogen) atoms. The average Bonchev–Trinajstić information content (AvgIpc) is 2.67. The van der Waals surface area contributed by atoms with E-state index in [-0.39, 0.29) is 0 Å². The normalized spacial score (nSPS) is 44.4. The van der Waals surface area contributed by atoms with E-state index in [1.54, 1.807) is 0 Å². The van der Waals surface area contributed by atoms with Gasteiger partial charge in [-0.15, -0.1) is 0 Å². The first-order valence-electron chi connectivity index (χ1n) is 9.15. The molecule has 2 amide bonds. The second-order valence-corrected chi connectivity index (χ2v) is 7.17. The quantitative estimate of drug-likeness (QED) is 0.176. The van der Waals surface area contributed by atoms with E-state index in [1.807, 2.05) is 0 Å². The zero-order valence-electron chi connectivity index (χ0n) is 16.3. The number of ether oxygens (including phenoxy) is 3. The molecule has 2 fully saturated rings. The van der Waals surface area contributed by atoms with Crippen LogP contribution < -0.4 is 10.6 Å². The van der Waals surface area contributed by atoms with Gasteiger partial charge in [0.15, 0.2) is 12.6 Å². The maximum absolute atomic E-state index is 11.5. The Labute approximate surface area is 171 Å². The number of carbonyl (C=O) groups is 2. The second-order valence-electron chi connectivity index (χ2n) is 7.17. The molecular weight excluding hydrogens is 412 g/mol. The zero-order chi connectivity index (χ0) is 22.8. The Bertz CT molecular complexity index is 623. The molecule has 0 saturated carbocycles. The fourth-order valence-corrected chi connectivity index (χ4v) is 3.42. The third kappa shape index (κ3) is 4.88. The lowest BCUT2D eigenvalue weighted by atomic mass is 9.92. The predicted octanol–water partition coefficient (Wildman–Crippen LogP) is -5.79. The van der Waals surface area contributed by atoms with Gasteiger partial charge in [-0.2, -0.15) is 0 Å². The topological polar surface area (TPSA) is 227 Å². The molecular formula is C16H28N2O12. The Hall–Kier alpha value is -1.46. The first-order chi connectivity index (χ1) is 14.0. The van der Waals surface area contributed by atoms with Gasteiger partial charge in [-0.25, -0.2) is 0 Å². The van der Waals surface area contributed by atoms with Gasteiger partial charge in [0.25, 0.3) is 0 Å². The van der Waals surface area contributed by atoms with Crippen LogP contribution in [0.5, 0.6) is 0 Å². The highest BCUT2D eigenvalue weighted by atomic mass is 16.8. The maximum Gasteiger partial charge on any atom is 0.226 e. The lowest BCUT2D eigenvalue weighted by Crippen LogP contribution is -2.74. The molecule has 0 aromatic carbocycles. The Balaban J connectivity index is 2.36. The van der Waals surface area contributed by atoms with E-state index in [0.717, 1.165) is 13.8 Å². The summed E-state index contributed by atoms with van der Waals surface area (Å²) in [5.41, 5.74) is 0. The van der Waals surface area contributed by atoms with Crippen molar-refractivity contribution in [1.82, 2.24) is 10.6 Å². The summed E-state index contributed by atoms with van der Waals surface area (Å²) in [5, 5.41) is 75.3. The van der Waals surface area contributed by atoms with Crippen LogP contribution in [0.3, 0.4) is 0 Å². The van der Waals surface area contributed by atoms with Crippen molar-refractivity contribution in [1.29, 1.82) is 0 Å². The molecule has 4 unspecified atom stereocenters. The van der Waals surface area contributed by atoms with Crippen LogP contribution in [0.25, 0.3) is 0 Å². The Morgan fingerprint density at radius 3 is 2.00 bits per heavy atom. The molecule has 9 N–H and O–H groups in total. The monoisotopic (exact) mass is 440 g/mol. The van der Waals surface area contributed by atoms with E-state index in [4.69, 9.17) is 14.2 Å². The van der Waals surface area contributed by atoms with Gasteiger partial charge in [-0.1, -0.05) is 0 Å². The van der Waals surface area contributed by atoms with Crippen molar-refractivity contribution in [3.8, 4) is 0 Å². The lowest BCUT2D eigenvalue weighted by molar-refractivity contribution is -0.419. The summed E-state index contributed by atoms with van der Waals surface area (Å²) in [4.78, 5) is 22.9. The van der Waals surface area contributed by atoms with Crippen LogP contribution in [0, 0.1) is 0 Å². The molecule has 0 radical (unpaired) electrons. The smallest absolute Gasteiger partial charge is 0.226 e. The molecule has 14 heteroatoms. The summed E-state index contributed by atoms with van der Waals surface area (Å²) in [6, 6.07) is -3.05. The SMILES string of the molecule is CC(=O)NC1[C@H](O[C@]2(O)C(CO)O[C@@H](O)C(NC(C)=O)[C@H]2O)OC(CO)[C@H](O)[C@@H]1O. The number of nitrogens with one attached hydrogen (secondary N) is 2. The molecule has 0 aromatic rings. The van der Waals surface area contributed by atoms with Crippen LogP contribution in [0.1, 0.15) is 13.8 Å². The molecule has 14 nitrogen and oxygen atoms in total. The van der Waals surface area contributed by atoms with E-state index in [9.17, 15) is 45.3 Å². The van der Waals surface area contributed by atoms with Crippen LogP contribution >= 0.6 is 0 Å². The minimum Gasteiger partial charge on any atom is -0.394 e. The Kier molecular flexibility index (Phi) is 8.09. The molecule has 174 valence electrons. The van der Waals surface area contributed by atoms with Gasteiger partial charge in [0, 0.05) is 13.8 Å². The maximum atomic E-state index is 11.5. The summed E-state index contributed by atoms with van der Waals surface area (Å²) in [5.74, 6) is -4.16. The summed E-state index contributed by atoms with van der Waals surface area (Å²) in [7, 11) is 0. The van der Waals surface area contributed by atoms with Crippen molar-refractivity contribution < 1.29 is 59.5 Å². The molecule has 2 saturated heterocycles. The first kappa shape index (κ1) is 24.8. The van der Waals surface area contributed by atoms with E-state index in [2.05, 4.69) is 10.6 Å². The molecule has 2 rings (SSSR count). The van der Waals surface area contributed by atoms with E-state index < -0.39 is 86.0 Å².